The van der Waals surface area contributed by atoms with Crippen LogP contribution in [0.1, 0.15) is 40.0 Å². The molecule has 1 N–H and O–H groups in total. The van der Waals surface area contributed by atoms with Crippen molar-refractivity contribution in [1.29, 1.82) is 0 Å². The van der Waals surface area contributed by atoms with Crippen LogP contribution in [-0.4, -0.2) is 10.7 Å². The standard InChI is InChI=1S/C15H24O/c1-6-15(5,16)12-8-11-14(4)10-7-9-13(2)3/h6-7,9,11,16H,1-2,8,10,12H2,3-5H3. The first-order valence-electron chi connectivity index (χ1n) is 5.71. The minimum atomic E-state index is -0.746. The van der Waals surface area contributed by atoms with Gasteiger partial charge in [-0.15, -0.1) is 6.58 Å². The smallest absolute Gasteiger partial charge is 0.0800 e. The maximum atomic E-state index is 9.71. The van der Waals surface area contributed by atoms with Gasteiger partial charge in [0, 0.05) is 0 Å². The Morgan fingerprint density at radius 3 is 2.50 bits per heavy atom. The fourth-order valence-corrected chi connectivity index (χ4v) is 1.24. The topological polar surface area (TPSA) is 20.2 Å². The Balaban J connectivity index is 3.97. The zero-order valence-corrected chi connectivity index (χ0v) is 10.8. The molecule has 16 heavy (non-hydrogen) atoms. The van der Waals surface area contributed by atoms with Crippen LogP contribution in [0.3, 0.4) is 0 Å². The molecule has 0 aliphatic carbocycles. The monoisotopic (exact) mass is 220 g/mol. The van der Waals surface area contributed by atoms with Gasteiger partial charge in [0.05, 0.1) is 5.60 Å². The van der Waals surface area contributed by atoms with Crippen molar-refractivity contribution in [3.8, 4) is 0 Å². The molecule has 0 radical (unpaired) electrons. The number of aliphatic hydroxyl groups is 1. The molecule has 0 rings (SSSR count). The van der Waals surface area contributed by atoms with Crippen molar-refractivity contribution < 1.29 is 5.11 Å². The van der Waals surface area contributed by atoms with Gasteiger partial charge in [-0.05, 0) is 40.0 Å². The van der Waals surface area contributed by atoms with Crippen molar-refractivity contribution in [1.82, 2.24) is 0 Å². The number of hydrogen-bond donors (Lipinski definition) is 1. The van der Waals surface area contributed by atoms with Gasteiger partial charge in [0.25, 0.3) is 0 Å². The summed E-state index contributed by atoms with van der Waals surface area (Å²) in [4.78, 5) is 0. The van der Waals surface area contributed by atoms with Crippen LogP contribution in [0.2, 0.25) is 0 Å². The maximum Gasteiger partial charge on any atom is 0.0800 e. The van der Waals surface area contributed by atoms with E-state index in [1.807, 2.05) is 13.0 Å². The van der Waals surface area contributed by atoms with Crippen LogP contribution in [0.25, 0.3) is 0 Å². The van der Waals surface area contributed by atoms with E-state index in [0.717, 1.165) is 24.8 Å². The molecule has 0 heterocycles. The average molecular weight is 220 g/mol. The summed E-state index contributed by atoms with van der Waals surface area (Å²) in [5, 5.41) is 9.71. The van der Waals surface area contributed by atoms with Crippen molar-refractivity contribution in [3.63, 3.8) is 0 Å². The van der Waals surface area contributed by atoms with E-state index in [1.165, 1.54) is 5.57 Å². The molecule has 0 amide bonds. The molecule has 1 atom stereocenters. The van der Waals surface area contributed by atoms with Gasteiger partial charge in [0.2, 0.25) is 0 Å². The van der Waals surface area contributed by atoms with Gasteiger partial charge in [-0.1, -0.05) is 42.0 Å². The summed E-state index contributed by atoms with van der Waals surface area (Å²) in [5.41, 5.74) is 1.64. The summed E-state index contributed by atoms with van der Waals surface area (Å²) in [5.74, 6) is 0. The summed E-state index contributed by atoms with van der Waals surface area (Å²) < 4.78 is 0. The Morgan fingerprint density at radius 1 is 1.38 bits per heavy atom. The highest BCUT2D eigenvalue weighted by atomic mass is 16.3. The highest BCUT2D eigenvalue weighted by Crippen LogP contribution is 2.14. The third-order valence-electron chi connectivity index (χ3n) is 2.43. The van der Waals surface area contributed by atoms with Gasteiger partial charge in [-0.3, -0.25) is 0 Å². The molecule has 1 unspecified atom stereocenters. The number of hydrogen-bond acceptors (Lipinski definition) is 1. The minimum Gasteiger partial charge on any atom is -0.386 e. The van der Waals surface area contributed by atoms with E-state index in [9.17, 15) is 5.11 Å². The molecule has 90 valence electrons. The lowest BCUT2D eigenvalue weighted by molar-refractivity contribution is 0.103. The van der Waals surface area contributed by atoms with E-state index in [1.54, 1.807) is 13.0 Å². The van der Waals surface area contributed by atoms with Gasteiger partial charge < -0.3 is 5.11 Å². The van der Waals surface area contributed by atoms with Crippen molar-refractivity contribution >= 4 is 0 Å². The Morgan fingerprint density at radius 2 is 2.00 bits per heavy atom. The fourth-order valence-electron chi connectivity index (χ4n) is 1.24. The predicted octanol–water partition coefficient (Wildman–Crippen LogP) is 4.17. The van der Waals surface area contributed by atoms with Crippen LogP contribution in [-0.2, 0) is 0 Å². The Bertz CT molecular complexity index is 293. The van der Waals surface area contributed by atoms with Gasteiger partial charge in [-0.25, -0.2) is 0 Å². The molecule has 1 heteroatoms. The van der Waals surface area contributed by atoms with Crippen LogP contribution in [0, 0.1) is 0 Å². The first-order chi connectivity index (χ1) is 7.37. The Hall–Kier alpha value is -1.08. The van der Waals surface area contributed by atoms with Crippen LogP contribution >= 0.6 is 0 Å². The van der Waals surface area contributed by atoms with Crippen molar-refractivity contribution in [2.75, 3.05) is 0 Å². The van der Waals surface area contributed by atoms with Crippen LogP contribution in [0.5, 0.6) is 0 Å². The third kappa shape index (κ3) is 8.25. The van der Waals surface area contributed by atoms with E-state index >= 15 is 0 Å². The molecule has 1 nitrogen and oxygen atoms in total. The molecule has 0 saturated heterocycles. The Kier molecular flexibility index (Phi) is 6.75. The predicted molar refractivity (Wildman–Crippen MR) is 72.4 cm³/mol. The van der Waals surface area contributed by atoms with Gasteiger partial charge >= 0.3 is 0 Å². The maximum absolute atomic E-state index is 9.71. The number of allylic oxidation sites excluding steroid dienone is 5. The fraction of sp³-hybridized carbons (Fsp3) is 0.467. The highest BCUT2D eigenvalue weighted by molar-refractivity contribution is 5.14. The second-order valence-electron chi connectivity index (χ2n) is 4.60. The summed E-state index contributed by atoms with van der Waals surface area (Å²) >= 11 is 0. The lowest BCUT2D eigenvalue weighted by Gasteiger charge is -2.16. The van der Waals surface area contributed by atoms with E-state index in [2.05, 4.69) is 32.2 Å². The van der Waals surface area contributed by atoms with Crippen molar-refractivity contribution in [2.24, 2.45) is 0 Å². The third-order valence-corrected chi connectivity index (χ3v) is 2.43. The Labute approximate surface area is 99.9 Å². The highest BCUT2D eigenvalue weighted by Gasteiger charge is 2.12. The zero-order chi connectivity index (χ0) is 12.6. The molecule has 0 aliphatic heterocycles. The first kappa shape index (κ1) is 14.9. The van der Waals surface area contributed by atoms with Crippen LogP contribution in [0.4, 0.5) is 0 Å². The van der Waals surface area contributed by atoms with Crippen LogP contribution < -0.4 is 0 Å². The molecular formula is C15H24O. The molecule has 0 spiro atoms. The van der Waals surface area contributed by atoms with E-state index in [4.69, 9.17) is 0 Å². The van der Waals surface area contributed by atoms with Crippen molar-refractivity contribution in [2.45, 2.75) is 45.6 Å². The van der Waals surface area contributed by atoms with Gasteiger partial charge in [0.1, 0.15) is 0 Å². The molecule has 0 aromatic rings. The van der Waals surface area contributed by atoms with E-state index < -0.39 is 5.60 Å². The normalized spacial score (nSPS) is 16.1. The largest absolute Gasteiger partial charge is 0.386 e. The molecule has 0 aliphatic rings. The molecule has 0 aromatic carbocycles. The quantitative estimate of drug-likeness (QED) is 0.504. The first-order valence-corrected chi connectivity index (χ1v) is 5.71. The van der Waals surface area contributed by atoms with Gasteiger partial charge in [0.15, 0.2) is 0 Å². The number of rotatable bonds is 7. The lowest BCUT2D eigenvalue weighted by atomic mass is 9.99. The van der Waals surface area contributed by atoms with E-state index in [-0.39, 0.29) is 0 Å². The second kappa shape index (κ2) is 7.24. The lowest BCUT2D eigenvalue weighted by Crippen LogP contribution is -2.19. The second-order valence-corrected chi connectivity index (χ2v) is 4.60. The molecule has 0 fully saturated rings. The average Bonchev–Trinajstić information content (AvgIpc) is 2.17. The summed E-state index contributed by atoms with van der Waals surface area (Å²) in [6.45, 7) is 13.3. The summed E-state index contributed by atoms with van der Waals surface area (Å²) in [7, 11) is 0. The minimum absolute atomic E-state index is 0.720. The van der Waals surface area contributed by atoms with Crippen molar-refractivity contribution in [3.05, 3.63) is 48.6 Å². The molecule has 0 aromatic heterocycles. The van der Waals surface area contributed by atoms with Gasteiger partial charge in [-0.2, -0.15) is 0 Å². The van der Waals surface area contributed by atoms with Crippen LogP contribution in [0.15, 0.2) is 48.6 Å². The zero-order valence-electron chi connectivity index (χ0n) is 10.8. The summed E-state index contributed by atoms with van der Waals surface area (Å²) in [6, 6.07) is 0. The molecule has 0 bridgehead atoms. The summed E-state index contributed by atoms with van der Waals surface area (Å²) in [6.07, 6.45) is 10.4. The SMILES string of the molecule is C=CC(C)(O)CCC=C(C)CC=CC(=C)C. The van der Waals surface area contributed by atoms with E-state index in [0.29, 0.717) is 0 Å². The molecular weight excluding hydrogens is 196 g/mol. The molecule has 0 saturated carbocycles.